The Hall–Kier alpha value is -6.48. The van der Waals surface area contributed by atoms with Crippen LogP contribution >= 0.6 is 0 Å². The Balaban J connectivity index is 6.20. The molecule has 0 saturated heterocycles. The fourth-order valence-corrected chi connectivity index (χ4v) is 5.38. The highest BCUT2D eigenvalue weighted by molar-refractivity contribution is 5.98. The van der Waals surface area contributed by atoms with Gasteiger partial charge in [-0.3, -0.25) is 52.7 Å². The molecule has 0 aliphatic carbocycles. The van der Waals surface area contributed by atoms with Crippen molar-refractivity contribution in [3.63, 3.8) is 0 Å². The van der Waals surface area contributed by atoms with E-state index in [1.807, 2.05) is 10.6 Å². The van der Waals surface area contributed by atoms with Crippen molar-refractivity contribution in [2.24, 2.45) is 23.1 Å². The first-order valence-corrected chi connectivity index (χ1v) is 19.7. The number of aliphatic hydroxyl groups is 1. The number of nitrogens with two attached hydrogens (primary N) is 3. The molecule has 0 unspecified atom stereocenters. The average Bonchev–Trinajstić information content (AvgIpc) is 3.18. The summed E-state index contributed by atoms with van der Waals surface area (Å²) in [6, 6.07) is -12.9. The lowest BCUT2D eigenvalue weighted by molar-refractivity contribution is -0.144. The first-order valence-electron chi connectivity index (χ1n) is 19.7. The molecule has 0 aliphatic heterocycles. The second-order valence-electron chi connectivity index (χ2n) is 14.6. The minimum absolute atomic E-state index is 0.268. The van der Waals surface area contributed by atoms with Crippen molar-refractivity contribution in [1.29, 1.82) is 0 Å². The van der Waals surface area contributed by atoms with Gasteiger partial charge in [0.25, 0.3) is 0 Å². The van der Waals surface area contributed by atoms with Gasteiger partial charge in [-0.15, -0.1) is 0 Å². The van der Waals surface area contributed by atoms with E-state index in [4.69, 9.17) is 22.3 Å². The Kier molecular flexibility index (Phi) is 26.0. The summed E-state index contributed by atoms with van der Waals surface area (Å²) in [5.41, 5.74) is 16.6. The number of unbranched alkanes of at least 4 members (excludes halogenated alkanes) is 1. The van der Waals surface area contributed by atoms with Crippen molar-refractivity contribution in [2.75, 3.05) is 13.2 Å². The number of carboxylic acid groups (broad SMARTS) is 4. The number of aliphatic carboxylic acids is 4. The Morgan fingerprint density at radius 1 is 0.492 bits per heavy atom. The van der Waals surface area contributed by atoms with E-state index < -0.39 is 177 Å². The molecule has 27 heteroatoms. The molecule has 27 nitrogen and oxygen atoms in total. The molecular weight excluding hydrogens is 844 g/mol. The van der Waals surface area contributed by atoms with Crippen LogP contribution in [-0.4, -0.2) is 158 Å². The molecule has 356 valence electrons. The third-order valence-electron chi connectivity index (χ3n) is 8.99. The highest BCUT2D eigenvalue weighted by Crippen LogP contribution is 2.09. The molecule has 63 heavy (non-hydrogen) atoms. The summed E-state index contributed by atoms with van der Waals surface area (Å²) < 4.78 is 0. The lowest BCUT2D eigenvalue weighted by atomic mass is 10.0. The van der Waals surface area contributed by atoms with E-state index in [0.717, 1.165) is 0 Å². The number of primary amides is 1. The van der Waals surface area contributed by atoms with Crippen LogP contribution in [0.1, 0.15) is 85.0 Å². The maximum atomic E-state index is 13.6. The zero-order chi connectivity index (χ0) is 48.6. The molecule has 0 aromatic carbocycles. The molecular formula is C36H60N10O17. The number of rotatable bonds is 32. The van der Waals surface area contributed by atoms with Crippen LogP contribution in [0.25, 0.3) is 0 Å². The number of carboxylic acids is 4. The Labute approximate surface area is 360 Å². The summed E-state index contributed by atoms with van der Waals surface area (Å²) >= 11 is 0. The molecule has 0 radical (unpaired) electrons. The van der Waals surface area contributed by atoms with Crippen LogP contribution in [0.3, 0.4) is 0 Å². The molecule has 0 aromatic heterocycles. The zero-order valence-corrected chi connectivity index (χ0v) is 35.0. The smallest absolute Gasteiger partial charge is 0.326 e. The van der Waals surface area contributed by atoms with Crippen LogP contribution in [0, 0.1) is 5.92 Å². The van der Waals surface area contributed by atoms with Gasteiger partial charge < -0.3 is 80.0 Å². The molecule has 0 spiro atoms. The normalized spacial score (nSPS) is 14.7. The fourth-order valence-electron chi connectivity index (χ4n) is 5.38. The first-order chi connectivity index (χ1) is 29.3. The van der Waals surface area contributed by atoms with Gasteiger partial charge in [-0.25, -0.2) is 4.79 Å². The highest BCUT2D eigenvalue weighted by Gasteiger charge is 2.35. The van der Waals surface area contributed by atoms with Gasteiger partial charge in [0.15, 0.2) is 0 Å². The van der Waals surface area contributed by atoms with Gasteiger partial charge in [-0.1, -0.05) is 20.3 Å². The number of carbonyl (C=O) groups is 12. The zero-order valence-electron chi connectivity index (χ0n) is 35.0. The molecule has 8 amide bonds. The van der Waals surface area contributed by atoms with Crippen LogP contribution in [-0.2, 0) is 57.5 Å². The Morgan fingerprint density at radius 3 is 1.41 bits per heavy atom. The molecule has 0 aliphatic rings. The third-order valence-corrected chi connectivity index (χ3v) is 8.99. The molecule has 0 saturated carbocycles. The van der Waals surface area contributed by atoms with Gasteiger partial charge in [-0.05, 0) is 51.5 Å². The van der Waals surface area contributed by atoms with Gasteiger partial charge >= 0.3 is 23.9 Å². The summed E-state index contributed by atoms with van der Waals surface area (Å²) in [5, 5.41) is 62.1. The second kappa shape index (κ2) is 28.9. The summed E-state index contributed by atoms with van der Waals surface area (Å²) in [6.07, 6.45) is -3.19. The predicted octanol–water partition coefficient (Wildman–Crippen LogP) is -5.94. The van der Waals surface area contributed by atoms with Crippen molar-refractivity contribution in [3.05, 3.63) is 0 Å². The van der Waals surface area contributed by atoms with E-state index in [2.05, 4.69) is 26.6 Å². The standard InChI is InChI=1S/C36H60N10O17/c1-16(2)28(35(61)45-23(15-47)34(60)44-22(14-27(53)54)33(59)43-21(36(62)63)9-12-26(51)52)46-32(58)20(8-11-25(49)50)42-31(57)19(7-10-24(39)48)41-29(55)17(3)40-30(56)18(38)6-4-5-13-37/h16-23,28,47H,4-15,37-38H2,1-3H3,(H2,39,48)(H,40,56)(H,41,55)(H,42,57)(H,43,59)(H,44,60)(H,45,61)(H,46,58)(H,49,50)(H,51,52)(H,53,54)(H,62,63)/t17-,18-,19-,20-,21-,22-,23-,28-/m0/s1. The average molecular weight is 905 g/mol. The van der Waals surface area contributed by atoms with E-state index >= 15 is 0 Å². The number of hydrogen-bond acceptors (Lipinski definition) is 15. The van der Waals surface area contributed by atoms with Gasteiger partial charge in [0, 0.05) is 19.3 Å². The highest BCUT2D eigenvalue weighted by atomic mass is 16.4. The van der Waals surface area contributed by atoms with Crippen LogP contribution in [0.2, 0.25) is 0 Å². The van der Waals surface area contributed by atoms with Crippen LogP contribution in [0.4, 0.5) is 0 Å². The summed E-state index contributed by atoms with van der Waals surface area (Å²) in [5.74, 6) is -15.6. The van der Waals surface area contributed by atoms with E-state index in [9.17, 15) is 78.0 Å². The number of nitrogens with one attached hydrogen (secondary N) is 7. The maximum Gasteiger partial charge on any atom is 0.326 e. The number of aliphatic hydroxyl groups excluding tert-OH is 1. The van der Waals surface area contributed by atoms with E-state index in [1.165, 1.54) is 20.8 Å². The van der Waals surface area contributed by atoms with E-state index in [0.29, 0.717) is 19.4 Å². The SMILES string of the molecule is CC(C)[C@H](NC(=O)[C@H](CCC(=O)O)NC(=O)[C@H](CCC(N)=O)NC(=O)[C@H](C)NC(=O)[C@@H](N)CCCCN)C(=O)N[C@@H](CO)C(=O)N[C@@H](CC(=O)O)C(=O)N[C@@H](CCC(=O)O)C(=O)O. The molecule has 8 atom stereocenters. The summed E-state index contributed by atoms with van der Waals surface area (Å²) in [6.45, 7) is 3.33. The number of hydrogen-bond donors (Lipinski definition) is 15. The molecule has 18 N–H and O–H groups in total. The van der Waals surface area contributed by atoms with Crippen molar-refractivity contribution in [1.82, 2.24) is 37.2 Å². The molecule has 0 fully saturated rings. The fraction of sp³-hybridized carbons (Fsp3) is 0.667. The van der Waals surface area contributed by atoms with Gasteiger partial charge in [0.2, 0.25) is 47.3 Å². The van der Waals surface area contributed by atoms with Crippen molar-refractivity contribution in [3.8, 4) is 0 Å². The maximum absolute atomic E-state index is 13.6. The Morgan fingerprint density at radius 2 is 0.937 bits per heavy atom. The van der Waals surface area contributed by atoms with Crippen LogP contribution in [0.5, 0.6) is 0 Å². The van der Waals surface area contributed by atoms with Crippen molar-refractivity contribution >= 4 is 71.1 Å². The first kappa shape index (κ1) is 56.5. The third kappa shape index (κ3) is 22.8. The van der Waals surface area contributed by atoms with E-state index in [1.54, 1.807) is 0 Å². The number of amides is 8. The lowest BCUT2D eigenvalue weighted by Crippen LogP contribution is -2.61. The minimum atomic E-state index is -2.00. The quantitative estimate of drug-likeness (QED) is 0.0279. The minimum Gasteiger partial charge on any atom is -0.481 e. The molecule has 0 heterocycles. The molecule has 0 rings (SSSR count). The van der Waals surface area contributed by atoms with E-state index in [-0.39, 0.29) is 6.42 Å². The van der Waals surface area contributed by atoms with Crippen molar-refractivity contribution in [2.45, 2.75) is 133 Å². The van der Waals surface area contributed by atoms with Crippen molar-refractivity contribution < 1.29 is 83.1 Å². The van der Waals surface area contributed by atoms with Crippen LogP contribution in [0.15, 0.2) is 0 Å². The van der Waals surface area contributed by atoms with Crippen LogP contribution < -0.4 is 54.4 Å². The molecule has 0 bridgehead atoms. The largest absolute Gasteiger partial charge is 0.481 e. The summed E-state index contributed by atoms with van der Waals surface area (Å²) in [7, 11) is 0. The topological polar surface area (TPSA) is 468 Å². The second-order valence-corrected chi connectivity index (χ2v) is 14.6. The predicted molar refractivity (Wildman–Crippen MR) is 214 cm³/mol. The summed E-state index contributed by atoms with van der Waals surface area (Å²) in [4.78, 5) is 149. The van der Waals surface area contributed by atoms with Gasteiger partial charge in [0.05, 0.1) is 19.1 Å². The monoisotopic (exact) mass is 904 g/mol. The molecule has 0 aromatic rings. The van der Waals surface area contributed by atoms with Gasteiger partial charge in [-0.2, -0.15) is 0 Å². The Bertz CT molecular complexity index is 1660. The number of carbonyl (C=O) groups excluding carboxylic acids is 8. The lowest BCUT2D eigenvalue weighted by Gasteiger charge is -2.28. The van der Waals surface area contributed by atoms with Gasteiger partial charge in [0.1, 0.15) is 42.3 Å².